The highest BCUT2D eigenvalue weighted by Gasteiger charge is 2.47. The first-order valence-electron chi connectivity index (χ1n) is 4.53. The monoisotopic (exact) mass is 573 g/mol. The molecule has 0 heterocycles. The molecule has 0 radical (unpaired) electrons. The zero-order valence-electron chi connectivity index (χ0n) is 8.53. The van der Waals surface area contributed by atoms with E-state index in [9.17, 15) is 15.0 Å². The minimum absolute atomic E-state index is 0.347. The third kappa shape index (κ3) is 3.22. The van der Waals surface area contributed by atoms with Crippen LogP contribution in [-0.4, -0.2) is 26.3 Å². The Hall–Kier alpha value is 0.800. The number of halogens is 3. The first-order chi connectivity index (χ1) is 7.74. The fourth-order valence-electron chi connectivity index (χ4n) is 1.28. The van der Waals surface area contributed by atoms with Gasteiger partial charge in [-0.15, -0.1) is 0 Å². The number of primary amides is 1. The van der Waals surface area contributed by atoms with Crippen LogP contribution < -0.4 is 5.73 Å². The van der Waals surface area contributed by atoms with Gasteiger partial charge in [0, 0.05) is 5.56 Å². The number of aliphatic hydroxyl groups excluding tert-OH is 1. The minimum Gasteiger partial charge on any atom is -0.392 e. The zero-order chi connectivity index (χ0) is 13.3. The molecule has 0 aliphatic carbocycles. The van der Waals surface area contributed by atoms with Crippen molar-refractivity contribution in [3.8, 4) is 0 Å². The lowest BCUT2D eigenvalue weighted by molar-refractivity contribution is 0.0773. The molecule has 1 aromatic rings. The molecule has 1 amide bonds. The molecule has 0 aliphatic rings. The van der Waals surface area contributed by atoms with Gasteiger partial charge < -0.3 is 15.9 Å². The van der Waals surface area contributed by atoms with Crippen LogP contribution in [0.15, 0.2) is 24.3 Å². The van der Waals surface area contributed by atoms with Crippen molar-refractivity contribution in [2.45, 2.75) is 5.04 Å². The van der Waals surface area contributed by atoms with Gasteiger partial charge in [-0.3, -0.25) is 4.79 Å². The molecule has 0 fully saturated rings. The highest BCUT2D eigenvalue weighted by Crippen LogP contribution is 2.52. The van der Waals surface area contributed by atoms with E-state index < -0.39 is 17.6 Å². The van der Waals surface area contributed by atoms with Gasteiger partial charge in [0.25, 0.3) is 0 Å². The van der Waals surface area contributed by atoms with E-state index >= 15 is 0 Å². The van der Waals surface area contributed by atoms with Gasteiger partial charge in [-0.2, -0.15) is 0 Å². The van der Waals surface area contributed by atoms with Gasteiger partial charge in [0.2, 0.25) is 5.91 Å². The Labute approximate surface area is 140 Å². The van der Waals surface area contributed by atoms with Crippen LogP contribution in [0, 0.1) is 0 Å². The average molecular weight is 573 g/mol. The molecule has 0 aliphatic heterocycles. The summed E-state index contributed by atoms with van der Waals surface area (Å²) in [5.41, 5.74) is 6.25. The summed E-state index contributed by atoms with van der Waals surface area (Å²) in [6.45, 7) is -0.424. The predicted molar refractivity (Wildman–Crippen MR) is 90.7 cm³/mol. The molecule has 7 heteroatoms. The summed E-state index contributed by atoms with van der Waals surface area (Å²) in [5.74, 6) is -0.552. The van der Waals surface area contributed by atoms with Gasteiger partial charge in [0.15, 0.2) is 3.61 Å². The standard InChI is InChI=1S/C10H10I3NO3/c11-9(17,5-15)10(12,13)7-4-2-1-3-6(7)8(14)16/h1-4,15,17H,5H2,(H2,14,16). The maximum atomic E-state index is 11.4. The Morgan fingerprint density at radius 2 is 1.82 bits per heavy atom. The summed E-state index contributed by atoms with van der Waals surface area (Å²) in [4.78, 5) is 11.4. The number of carbonyl (C=O) groups excluding carboxylic acids is 1. The molecule has 0 saturated carbocycles. The number of hydrogen-bond acceptors (Lipinski definition) is 3. The number of hydrogen-bond donors (Lipinski definition) is 3. The van der Waals surface area contributed by atoms with Crippen molar-refractivity contribution in [2.24, 2.45) is 5.73 Å². The van der Waals surface area contributed by atoms with Gasteiger partial charge in [-0.05, 0) is 34.2 Å². The maximum Gasteiger partial charge on any atom is 0.249 e. The summed E-state index contributed by atoms with van der Waals surface area (Å²) in [7, 11) is 0. The summed E-state index contributed by atoms with van der Waals surface area (Å²) in [6.07, 6.45) is 0. The minimum atomic E-state index is -1.39. The smallest absolute Gasteiger partial charge is 0.249 e. The normalized spacial score (nSPS) is 15.4. The Kier molecular flexibility index (Phi) is 5.45. The van der Waals surface area contributed by atoms with Gasteiger partial charge in [-0.25, -0.2) is 0 Å². The lowest BCUT2D eigenvalue weighted by Crippen LogP contribution is -2.42. The van der Waals surface area contributed by atoms with Crippen molar-refractivity contribution in [2.75, 3.05) is 6.61 Å². The molecule has 0 spiro atoms. The van der Waals surface area contributed by atoms with E-state index in [0.29, 0.717) is 11.1 Å². The molecule has 1 atom stereocenters. The Bertz CT molecular complexity index is 435. The Balaban J connectivity index is 3.38. The van der Waals surface area contributed by atoms with Crippen molar-refractivity contribution in [3.05, 3.63) is 35.4 Å². The lowest BCUT2D eigenvalue weighted by Gasteiger charge is -2.34. The molecule has 17 heavy (non-hydrogen) atoms. The molecule has 1 aromatic carbocycles. The molecule has 0 bridgehead atoms. The highest BCUT2D eigenvalue weighted by atomic mass is 127. The van der Waals surface area contributed by atoms with Gasteiger partial charge in [0.05, 0.1) is 6.61 Å². The van der Waals surface area contributed by atoms with Crippen LogP contribution in [0.3, 0.4) is 0 Å². The van der Waals surface area contributed by atoms with Gasteiger partial charge in [-0.1, -0.05) is 63.4 Å². The van der Waals surface area contributed by atoms with Crippen molar-refractivity contribution in [3.63, 3.8) is 0 Å². The molecule has 4 nitrogen and oxygen atoms in total. The second-order valence-corrected chi connectivity index (χ2v) is 10.5. The average Bonchev–Trinajstić information content (AvgIpc) is 2.28. The number of alkyl halides is 3. The van der Waals surface area contributed by atoms with Crippen LogP contribution in [0.2, 0.25) is 0 Å². The fourth-order valence-corrected chi connectivity index (χ4v) is 2.85. The predicted octanol–water partition coefficient (Wildman–Crippen LogP) is 1.92. The third-order valence-electron chi connectivity index (χ3n) is 2.22. The summed E-state index contributed by atoms with van der Waals surface area (Å²) in [6, 6.07) is 6.79. The second-order valence-electron chi connectivity index (χ2n) is 3.40. The number of rotatable bonds is 4. The molecule has 94 valence electrons. The molecular weight excluding hydrogens is 563 g/mol. The lowest BCUT2D eigenvalue weighted by atomic mass is 10.0. The number of amides is 1. The first kappa shape index (κ1) is 15.9. The van der Waals surface area contributed by atoms with E-state index in [0.717, 1.165) is 0 Å². The number of aliphatic hydroxyl groups is 2. The Morgan fingerprint density at radius 3 is 2.29 bits per heavy atom. The van der Waals surface area contributed by atoms with Crippen LogP contribution in [-0.2, 0) is 1.43 Å². The van der Waals surface area contributed by atoms with Crippen molar-refractivity contribution in [1.29, 1.82) is 0 Å². The van der Waals surface area contributed by atoms with Crippen LogP contribution in [0.1, 0.15) is 15.9 Å². The summed E-state index contributed by atoms with van der Waals surface area (Å²) in [5, 5.41) is 19.4. The second kappa shape index (κ2) is 5.84. The maximum absolute atomic E-state index is 11.4. The SMILES string of the molecule is NC(=O)c1ccccc1C(I)(I)C(O)(I)CO. The highest BCUT2D eigenvalue weighted by molar-refractivity contribution is 14.2. The van der Waals surface area contributed by atoms with E-state index in [1.807, 2.05) is 45.2 Å². The van der Waals surface area contributed by atoms with Gasteiger partial charge in [0.1, 0.15) is 1.43 Å². The zero-order valence-corrected chi connectivity index (χ0v) is 15.0. The first-order valence-corrected chi connectivity index (χ1v) is 7.77. The molecule has 0 saturated heterocycles. The quantitative estimate of drug-likeness (QED) is 0.381. The van der Waals surface area contributed by atoms with E-state index in [-0.39, 0.29) is 0 Å². The fraction of sp³-hybridized carbons (Fsp3) is 0.300. The van der Waals surface area contributed by atoms with Crippen LogP contribution in [0.25, 0.3) is 0 Å². The van der Waals surface area contributed by atoms with E-state index in [4.69, 9.17) is 5.73 Å². The molecule has 0 aromatic heterocycles. The van der Waals surface area contributed by atoms with E-state index in [1.54, 1.807) is 46.9 Å². The van der Waals surface area contributed by atoms with Crippen molar-refractivity contribution >= 4 is 73.7 Å². The summed E-state index contributed by atoms with van der Waals surface area (Å²) >= 11 is 5.77. The van der Waals surface area contributed by atoms with Crippen LogP contribution in [0.4, 0.5) is 0 Å². The van der Waals surface area contributed by atoms with Gasteiger partial charge >= 0.3 is 0 Å². The Morgan fingerprint density at radius 1 is 1.29 bits per heavy atom. The largest absolute Gasteiger partial charge is 0.392 e. The summed E-state index contributed by atoms with van der Waals surface area (Å²) < 4.78 is -2.25. The van der Waals surface area contributed by atoms with Crippen molar-refractivity contribution in [1.82, 2.24) is 0 Å². The molecule has 1 unspecified atom stereocenters. The molecular formula is C10H10I3NO3. The van der Waals surface area contributed by atoms with Crippen LogP contribution in [0.5, 0.6) is 0 Å². The number of benzene rings is 1. The van der Waals surface area contributed by atoms with E-state index in [2.05, 4.69) is 0 Å². The number of nitrogens with two attached hydrogens (primary N) is 1. The van der Waals surface area contributed by atoms with E-state index in [1.165, 1.54) is 0 Å². The molecule has 1 rings (SSSR count). The number of carbonyl (C=O) groups is 1. The molecule has 4 N–H and O–H groups in total. The third-order valence-corrected chi connectivity index (χ3v) is 8.38. The van der Waals surface area contributed by atoms with Crippen molar-refractivity contribution < 1.29 is 15.0 Å². The van der Waals surface area contributed by atoms with Crippen LogP contribution >= 0.6 is 67.8 Å². The topological polar surface area (TPSA) is 83.6 Å².